The Morgan fingerprint density at radius 1 is 1.69 bits per heavy atom. The molecule has 0 amide bonds. The molecule has 0 aromatic carbocycles. The maximum atomic E-state index is 10.2. The van der Waals surface area contributed by atoms with Crippen molar-refractivity contribution in [1.82, 2.24) is 4.90 Å². The molecular formula is C9H12BrNOS. The first-order valence-corrected chi connectivity index (χ1v) is 5.74. The van der Waals surface area contributed by atoms with Crippen LogP contribution in [0.15, 0.2) is 15.9 Å². The highest BCUT2D eigenvalue weighted by Crippen LogP contribution is 2.19. The van der Waals surface area contributed by atoms with Crippen molar-refractivity contribution < 1.29 is 4.79 Å². The molecule has 0 aliphatic heterocycles. The average Bonchev–Trinajstić information content (AvgIpc) is 2.49. The molecule has 0 fully saturated rings. The monoisotopic (exact) mass is 261 g/mol. The number of likely N-dealkylation sites (N-methyl/N-ethyl adjacent to an activating group) is 1. The van der Waals surface area contributed by atoms with Crippen molar-refractivity contribution in [3.63, 3.8) is 0 Å². The summed E-state index contributed by atoms with van der Waals surface area (Å²) in [5.74, 6) is 0. The largest absolute Gasteiger partial charge is 0.302 e. The molecule has 1 heterocycles. The minimum Gasteiger partial charge on any atom is -0.302 e. The number of rotatable bonds is 5. The molecule has 0 unspecified atom stereocenters. The fourth-order valence-electron chi connectivity index (χ4n) is 1.00. The van der Waals surface area contributed by atoms with Crippen molar-refractivity contribution in [3.8, 4) is 0 Å². The Bertz CT molecular complexity index is 274. The smallest absolute Gasteiger partial charge is 0.133 e. The van der Waals surface area contributed by atoms with Crippen LogP contribution >= 0.6 is 27.3 Å². The van der Waals surface area contributed by atoms with E-state index in [1.807, 2.05) is 11.9 Å². The zero-order valence-corrected chi connectivity index (χ0v) is 9.90. The first-order chi connectivity index (χ1) is 6.22. The van der Waals surface area contributed by atoms with Gasteiger partial charge in [-0.25, -0.2) is 0 Å². The summed E-state index contributed by atoms with van der Waals surface area (Å²) in [5, 5.41) is 2.08. The number of hydrogen-bond acceptors (Lipinski definition) is 3. The highest BCUT2D eigenvalue weighted by atomic mass is 79.9. The van der Waals surface area contributed by atoms with Crippen LogP contribution in [0, 0.1) is 0 Å². The molecule has 0 spiro atoms. The average molecular weight is 262 g/mol. The van der Waals surface area contributed by atoms with E-state index in [0.717, 1.165) is 23.7 Å². The van der Waals surface area contributed by atoms with Crippen LogP contribution in [-0.4, -0.2) is 31.3 Å². The van der Waals surface area contributed by atoms with Crippen molar-refractivity contribution >= 4 is 33.6 Å². The van der Waals surface area contributed by atoms with Crippen LogP contribution in [-0.2, 0) is 11.2 Å². The quantitative estimate of drug-likeness (QED) is 0.758. The SMILES string of the molecule is CN(CC=O)CCc1cc(Br)cs1. The summed E-state index contributed by atoms with van der Waals surface area (Å²) in [6, 6.07) is 2.12. The van der Waals surface area contributed by atoms with Crippen molar-refractivity contribution in [1.29, 1.82) is 0 Å². The number of hydrogen-bond donors (Lipinski definition) is 0. The van der Waals surface area contributed by atoms with Crippen LogP contribution in [0.3, 0.4) is 0 Å². The van der Waals surface area contributed by atoms with Gasteiger partial charge in [0.2, 0.25) is 0 Å². The normalized spacial score (nSPS) is 10.7. The van der Waals surface area contributed by atoms with Crippen molar-refractivity contribution in [3.05, 3.63) is 20.8 Å². The minimum absolute atomic E-state index is 0.520. The standard InChI is InChI=1S/C9H12BrNOS/c1-11(4-5-12)3-2-9-6-8(10)7-13-9/h5-7H,2-4H2,1H3. The topological polar surface area (TPSA) is 20.3 Å². The summed E-state index contributed by atoms with van der Waals surface area (Å²) < 4.78 is 1.14. The van der Waals surface area contributed by atoms with Gasteiger partial charge in [0.1, 0.15) is 6.29 Å². The van der Waals surface area contributed by atoms with E-state index in [-0.39, 0.29) is 0 Å². The lowest BCUT2D eigenvalue weighted by atomic mass is 10.3. The van der Waals surface area contributed by atoms with Crippen LogP contribution in [0.5, 0.6) is 0 Å². The number of thiophene rings is 1. The molecule has 1 aromatic rings. The molecule has 0 N–H and O–H groups in total. The predicted molar refractivity (Wildman–Crippen MR) is 59.3 cm³/mol. The third-order valence-corrected chi connectivity index (χ3v) is 3.51. The fraction of sp³-hybridized carbons (Fsp3) is 0.444. The van der Waals surface area contributed by atoms with Crippen LogP contribution in [0.4, 0.5) is 0 Å². The number of nitrogens with zero attached hydrogens (tertiary/aromatic N) is 1. The van der Waals surface area contributed by atoms with Gasteiger partial charge in [-0.05, 0) is 35.5 Å². The molecule has 0 radical (unpaired) electrons. The fourth-order valence-corrected chi connectivity index (χ4v) is 2.45. The zero-order valence-electron chi connectivity index (χ0n) is 7.50. The lowest BCUT2D eigenvalue weighted by Crippen LogP contribution is -2.22. The molecule has 0 saturated carbocycles. The number of aldehydes is 1. The number of carbonyl (C=O) groups excluding carboxylic acids is 1. The highest BCUT2D eigenvalue weighted by Gasteiger charge is 2.00. The van der Waals surface area contributed by atoms with Crippen molar-refractivity contribution in [2.24, 2.45) is 0 Å². The molecule has 0 aliphatic rings. The van der Waals surface area contributed by atoms with Gasteiger partial charge in [0.25, 0.3) is 0 Å². The Morgan fingerprint density at radius 2 is 2.46 bits per heavy atom. The second kappa shape index (κ2) is 5.52. The summed E-state index contributed by atoms with van der Waals surface area (Å²) >= 11 is 5.16. The molecule has 2 nitrogen and oxygen atoms in total. The van der Waals surface area contributed by atoms with Gasteiger partial charge in [-0.15, -0.1) is 11.3 Å². The van der Waals surface area contributed by atoms with Crippen LogP contribution < -0.4 is 0 Å². The first-order valence-electron chi connectivity index (χ1n) is 4.07. The van der Waals surface area contributed by atoms with Gasteiger partial charge in [-0.2, -0.15) is 0 Å². The molecule has 0 bridgehead atoms. The van der Waals surface area contributed by atoms with Crippen molar-refractivity contribution in [2.45, 2.75) is 6.42 Å². The Labute approximate surface area is 90.7 Å². The van der Waals surface area contributed by atoms with Crippen LogP contribution in [0.1, 0.15) is 4.88 Å². The highest BCUT2D eigenvalue weighted by molar-refractivity contribution is 9.10. The van der Waals surface area contributed by atoms with E-state index < -0.39 is 0 Å². The van der Waals surface area contributed by atoms with Gasteiger partial charge < -0.3 is 4.79 Å². The summed E-state index contributed by atoms with van der Waals surface area (Å²) in [6.07, 6.45) is 1.95. The molecule has 13 heavy (non-hydrogen) atoms. The molecule has 0 saturated heterocycles. The van der Waals surface area contributed by atoms with Gasteiger partial charge in [-0.1, -0.05) is 0 Å². The van der Waals surface area contributed by atoms with Crippen LogP contribution in [0.2, 0.25) is 0 Å². The van der Waals surface area contributed by atoms with E-state index in [4.69, 9.17) is 0 Å². The lowest BCUT2D eigenvalue weighted by molar-refractivity contribution is -0.108. The Morgan fingerprint density at radius 3 is 3.00 bits per heavy atom. The molecule has 0 atom stereocenters. The molecule has 1 rings (SSSR count). The Balaban J connectivity index is 2.30. The van der Waals surface area contributed by atoms with Crippen LogP contribution in [0.25, 0.3) is 0 Å². The molecular weight excluding hydrogens is 250 g/mol. The third kappa shape index (κ3) is 4.02. The van der Waals surface area contributed by atoms with E-state index in [1.165, 1.54) is 4.88 Å². The second-order valence-corrected chi connectivity index (χ2v) is 4.82. The summed E-state index contributed by atoms with van der Waals surface area (Å²) in [7, 11) is 1.96. The molecule has 1 aromatic heterocycles. The lowest BCUT2D eigenvalue weighted by Gasteiger charge is -2.11. The minimum atomic E-state index is 0.520. The molecule has 0 aliphatic carbocycles. The van der Waals surface area contributed by atoms with Gasteiger partial charge in [0.05, 0.1) is 6.54 Å². The van der Waals surface area contributed by atoms with Crippen molar-refractivity contribution in [2.75, 3.05) is 20.1 Å². The van der Waals surface area contributed by atoms with Gasteiger partial charge in [-0.3, -0.25) is 4.90 Å². The Hall–Kier alpha value is -0.190. The first kappa shape index (κ1) is 10.9. The summed E-state index contributed by atoms with van der Waals surface area (Å²) in [4.78, 5) is 13.6. The van der Waals surface area contributed by atoms with Gasteiger partial charge in [0, 0.05) is 21.3 Å². The summed E-state index contributed by atoms with van der Waals surface area (Å²) in [6.45, 7) is 1.46. The second-order valence-electron chi connectivity index (χ2n) is 2.91. The number of halogens is 1. The van der Waals surface area contributed by atoms with E-state index in [2.05, 4.69) is 27.4 Å². The summed E-state index contributed by atoms with van der Waals surface area (Å²) in [5.41, 5.74) is 0. The maximum absolute atomic E-state index is 10.2. The maximum Gasteiger partial charge on any atom is 0.133 e. The van der Waals surface area contributed by atoms with E-state index in [1.54, 1.807) is 11.3 Å². The Kier molecular flexibility index (Phi) is 4.62. The van der Waals surface area contributed by atoms with Gasteiger partial charge >= 0.3 is 0 Å². The van der Waals surface area contributed by atoms with E-state index in [9.17, 15) is 4.79 Å². The van der Waals surface area contributed by atoms with Gasteiger partial charge in [0.15, 0.2) is 0 Å². The zero-order chi connectivity index (χ0) is 9.68. The van der Waals surface area contributed by atoms with E-state index in [0.29, 0.717) is 6.54 Å². The molecule has 4 heteroatoms. The third-order valence-electron chi connectivity index (χ3n) is 1.75. The predicted octanol–water partition coefficient (Wildman–Crippen LogP) is 2.18. The van der Waals surface area contributed by atoms with E-state index >= 15 is 0 Å². The molecule has 72 valence electrons. The number of carbonyl (C=O) groups is 1.